The standard InChI is InChI=1S/C10H16O3/c1-10(2,3)7-4-6(11)5-8(12)9(7)13/h4,8-9,12-13H,5H2,1-3H3. The van der Waals surface area contributed by atoms with Crippen molar-refractivity contribution >= 4 is 5.78 Å². The average Bonchev–Trinajstić information content (AvgIpc) is 1.94. The molecule has 0 radical (unpaired) electrons. The molecule has 0 fully saturated rings. The molecule has 0 amide bonds. The predicted molar refractivity (Wildman–Crippen MR) is 49.2 cm³/mol. The number of carbonyl (C=O) groups is 1. The van der Waals surface area contributed by atoms with Crippen molar-refractivity contribution in [2.75, 3.05) is 0 Å². The molecule has 0 aromatic heterocycles. The molecule has 0 aromatic carbocycles. The molecule has 0 saturated heterocycles. The van der Waals surface area contributed by atoms with Gasteiger partial charge in [-0.3, -0.25) is 4.79 Å². The van der Waals surface area contributed by atoms with Gasteiger partial charge in [0.2, 0.25) is 0 Å². The van der Waals surface area contributed by atoms with E-state index in [0.717, 1.165) is 0 Å². The summed E-state index contributed by atoms with van der Waals surface area (Å²) in [4.78, 5) is 11.1. The predicted octanol–water partition coefficient (Wildman–Crippen LogP) is 0.653. The summed E-state index contributed by atoms with van der Waals surface area (Å²) in [5, 5.41) is 19.0. The van der Waals surface area contributed by atoms with Gasteiger partial charge in [-0.1, -0.05) is 20.8 Å². The van der Waals surface area contributed by atoms with Gasteiger partial charge in [-0.05, 0) is 17.1 Å². The highest BCUT2D eigenvalue weighted by molar-refractivity contribution is 5.92. The molecule has 1 aliphatic carbocycles. The first kappa shape index (κ1) is 10.4. The van der Waals surface area contributed by atoms with Crippen molar-refractivity contribution in [1.29, 1.82) is 0 Å². The number of hydrogen-bond donors (Lipinski definition) is 2. The maximum atomic E-state index is 11.1. The molecule has 2 unspecified atom stereocenters. The smallest absolute Gasteiger partial charge is 0.158 e. The first-order valence-corrected chi connectivity index (χ1v) is 4.43. The van der Waals surface area contributed by atoms with Gasteiger partial charge in [0.15, 0.2) is 5.78 Å². The minimum atomic E-state index is -0.938. The zero-order valence-electron chi connectivity index (χ0n) is 8.24. The Bertz CT molecular complexity index is 247. The molecule has 3 heteroatoms. The summed E-state index contributed by atoms with van der Waals surface area (Å²) in [6.45, 7) is 5.73. The van der Waals surface area contributed by atoms with E-state index in [1.54, 1.807) is 0 Å². The van der Waals surface area contributed by atoms with Crippen LogP contribution in [0.25, 0.3) is 0 Å². The Morgan fingerprint density at radius 3 is 2.38 bits per heavy atom. The van der Waals surface area contributed by atoms with Crippen LogP contribution in [-0.4, -0.2) is 28.2 Å². The molecule has 13 heavy (non-hydrogen) atoms. The summed E-state index contributed by atoms with van der Waals surface area (Å²) in [7, 11) is 0. The number of aliphatic hydroxyl groups is 2. The third-order valence-electron chi connectivity index (χ3n) is 2.28. The second kappa shape index (κ2) is 3.24. The van der Waals surface area contributed by atoms with E-state index >= 15 is 0 Å². The highest BCUT2D eigenvalue weighted by atomic mass is 16.3. The third-order valence-corrected chi connectivity index (χ3v) is 2.28. The van der Waals surface area contributed by atoms with Gasteiger partial charge in [0.05, 0.1) is 6.10 Å². The topological polar surface area (TPSA) is 57.5 Å². The minimum absolute atomic E-state index is 0.0285. The minimum Gasteiger partial charge on any atom is -0.390 e. The Morgan fingerprint density at radius 2 is 1.92 bits per heavy atom. The highest BCUT2D eigenvalue weighted by Gasteiger charge is 2.33. The van der Waals surface area contributed by atoms with Crippen molar-refractivity contribution in [3.63, 3.8) is 0 Å². The Hall–Kier alpha value is -0.670. The number of carbonyl (C=O) groups excluding carboxylic acids is 1. The normalized spacial score (nSPS) is 30.2. The lowest BCUT2D eigenvalue weighted by atomic mass is 9.77. The van der Waals surface area contributed by atoms with Gasteiger partial charge in [-0.15, -0.1) is 0 Å². The van der Waals surface area contributed by atoms with Crippen molar-refractivity contribution in [1.82, 2.24) is 0 Å². The highest BCUT2D eigenvalue weighted by Crippen LogP contribution is 2.32. The van der Waals surface area contributed by atoms with E-state index in [1.807, 2.05) is 20.8 Å². The second-order valence-electron chi connectivity index (χ2n) is 4.53. The summed E-state index contributed by atoms with van der Waals surface area (Å²) in [6.07, 6.45) is -0.345. The van der Waals surface area contributed by atoms with Gasteiger partial charge in [0.1, 0.15) is 6.10 Å². The number of allylic oxidation sites excluding steroid dienone is 1. The van der Waals surface area contributed by atoms with E-state index < -0.39 is 12.2 Å². The van der Waals surface area contributed by atoms with Crippen LogP contribution < -0.4 is 0 Å². The SMILES string of the molecule is CC(C)(C)C1=CC(=O)CC(O)C1O. The van der Waals surface area contributed by atoms with Crippen LogP contribution in [0, 0.1) is 5.41 Å². The quantitative estimate of drug-likeness (QED) is 0.581. The molecule has 1 aliphatic rings. The molecular weight excluding hydrogens is 168 g/mol. The van der Waals surface area contributed by atoms with Gasteiger partial charge in [0, 0.05) is 6.42 Å². The first-order chi connectivity index (χ1) is 5.82. The van der Waals surface area contributed by atoms with E-state index in [-0.39, 0.29) is 17.6 Å². The summed E-state index contributed by atoms with van der Waals surface area (Å²) in [6, 6.07) is 0. The number of hydrogen-bond acceptors (Lipinski definition) is 3. The Kier molecular flexibility index (Phi) is 2.59. The molecule has 2 atom stereocenters. The molecule has 0 heterocycles. The van der Waals surface area contributed by atoms with E-state index in [4.69, 9.17) is 0 Å². The number of aliphatic hydroxyl groups excluding tert-OH is 2. The van der Waals surface area contributed by atoms with Crippen LogP contribution in [0.3, 0.4) is 0 Å². The zero-order valence-corrected chi connectivity index (χ0v) is 8.24. The summed E-state index contributed by atoms with van der Waals surface area (Å²) in [5.74, 6) is -0.109. The summed E-state index contributed by atoms with van der Waals surface area (Å²) < 4.78 is 0. The van der Waals surface area contributed by atoms with E-state index in [9.17, 15) is 15.0 Å². The maximum Gasteiger partial charge on any atom is 0.158 e. The fourth-order valence-corrected chi connectivity index (χ4v) is 1.50. The van der Waals surface area contributed by atoms with Crippen LogP contribution in [0.2, 0.25) is 0 Å². The molecule has 0 spiro atoms. The fraction of sp³-hybridized carbons (Fsp3) is 0.700. The lowest BCUT2D eigenvalue weighted by Gasteiger charge is -2.32. The summed E-state index contributed by atoms with van der Waals surface area (Å²) in [5.41, 5.74) is 0.354. The molecule has 74 valence electrons. The molecule has 2 N–H and O–H groups in total. The molecule has 0 aromatic rings. The number of rotatable bonds is 0. The van der Waals surface area contributed by atoms with Crippen LogP contribution >= 0.6 is 0 Å². The monoisotopic (exact) mass is 184 g/mol. The van der Waals surface area contributed by atoms with Crippen molar-refractivity contribution in [2.24, 2.45) is 5.41 Å². The third kappa shape index (κ3) is 2.17. The average molecular weight is 184 g/mol. The molecule has 0 bridgehead atoms. The van der Waals surface area contributed by atoms with Crippen molar-refractivity contribution < 1.29 is 15.0 Å². The molecule has 1 rings (SSSR count). The van der Waals surface area contributed by atoms with Crippen LogP contribution in [0.15, 0.2) is 11.6 Å². The molecule has 0 aliphatic heterocycles. The maximum absolute atomic E-state index is 11.1. The van der Waals surface area contributed by atoms with Gasteiger partial charge in [0.25, 0.3) is 0 Å². The van der Waals surface area contributed by atoms with E-state index in [1.165, 1.54) is 6.08 Å². The Labute approximate surface area is 78.1 Å². The lowest BCUT2D eigenvalue weighted by molar-refractivity contribution is -0.119. The Balaban J connectivity index is 3.00. The van der Waals surface area contributed by atoms with Crippen molar-refractivity contribution in [3.05, 3.63) is 11.6 Å². The van der Waals surface area contributed by atoms with E-state index in [0.29, 0.717) is 5.57 Å². The van der Waals surface area contributed by atoms with Crippen molar-refractivity contribution in [3.8, 4) is 0 Å². The Morgan fingerprint density at radius 1 is 1.38 bits per heavy atom. The van der Waals surface area contributed by atoms with Crippen LogP contribution in [0.5, 0.6) is 0 Å². The van der Waals surface area contributed by atoms with Gasteiger partial charge in [-0.2, -0.15) is 0 Å². The van der Waals surface area contributed by atoms with Crippen LogP contribution in [-0.2, 0) is 4.79 Å². The van der Waals surface area contributed by atoms with E-state index in [2.05, 4.69) is 0 Å². The molecule has 3 nitrogen and oxygen atoms in total. The number of ketones is 1. The van der Waals surface area contributed by atoms with Crippen LogP contribution in [0.4, 0.5) is 0 Å². The summed E-state index contributed by atoms with van der Waals surface area (Å²) >= 11 is 0. The molecular formula is C10H16O3. The van der Waals surface area contributed by atoms with Gasteiger partial charge < -0.3 is 10.2 Å². The van der Waals surface area contributed by atoms with Crippen molar-refractivity contribution in [2.45, 2.75) is 39.4 Å². The molecule has 0 saturated carbocycles. The lowest BCUT2D eigenvalue weighted by Crippen LogP contribution is -2.38. The second-order valence-corrected chi connectivity index (χ2v) is 4.53. The fourth-order valence-electron chi connectivity index (χ4n) is 1.50. The van der Waals surface area contributed by atoms with Gasteiger partial charge in [-0.25, -0.2) is 0 Å². The van der Waals surface area contributed by atoms with Crippen LogP contribution in [0.1, 0.15) is 27.2 Å². The van der Waals surface area contributed by atoms with Gasteiger partial charge >= 0.3 is 0 Å². The zero-order chi connectivity index (χ0) is 10.2. The first-order valence-electron chi connectivity index (χ1n) is 4.43. The largest absolute Gasteiger partial charge is 0.390 e.